The summed E-state index contributed by atoms with van der Waals surface area (Å²) >= 11 is 7.95. The van der Waals surface area contributed by atoms with Crippen LogP contribution in [0, 0.1) is 3.57 Å². The molecule has 0 saturated carbocycles. The minimum Gasteiger partial charge on any atom is -0.305 e. The molecule has 11 heavy (non-hydrogen) atoms. The fourth-order valence-electron chi connectivity index (χ4n) is 0.949. The van der Waals surface area contributed by atoms with Gasteiger partial charge in [-0.1, -0.05) is 11.6 Å². The van der Waals surface area contributed by atoms with Crippen LogP contribution in [0.5, 0.6) is 0 Å². The number of pyridine rings is 1. The Labute approximate surface area is 82.3 Å². The van der Waals surface area contributed by atoms with E-state index in [1.165, 1.54) is 0 Å². The summed E-state index contributed by atoms with van der Waals surface area (Å²) in [4.78, 5) is 4.13. The van der Waals surface area contributed by atoms with Crippen molar-refractivity contribution in [1.29, 1.82) is 0 Å². The van der Waals surface area contributed by atoms with Crippen molar-refractivity contribution in [2.45, 2.75) is 0 Å². The quantitative estimate of drug-likeness (QED) is 0.677. The van der Waals surface area contributed by atoms with Crippen LogP contribution in [0.4, 0.5) is 0 Å². The summed E-state index contributed by atoms with van der Waals surface area (Å²) in [5, 5.41) is 0.536. The maximum absolute atomic E-state index is 5.72. The third-order valence-electron chi connectivity index (χ3n) is 1.41. The van der Waals surface area contributed by atoms with Crippen LogP contribution in [0.2, 0.25) is 5.15 Å². The number of fused-ring (bicyclic) bond motifs is 1. The van der Waals surface area contributed by atoms with Crippen LogP contribution in [0.3, 0.4) is 0 Å². The molecule has 0 saturated heterocycles. The Balaban J connectivity index is 2.90. The number of hydrogen-bond acceptors (Lipinski definition) is 1. The highest BCUT2D eigenvalue weighted by atomic mass is 127. The number of rotatable bonds is 0. The van der Waals surface area contributed by atoms with Gasteiger partial charge >= 0.3 is 0 Å². The van der Waals surface area contributed by atoms with Crippen LogP contribution in [0.15, 0.2) is 24.5 Å². The first-order chi connectivity index (χ1) is 5.27. The molecule has 2 rings (SSSR count). The fourth-order valence-corrected chi connectivity index (χ4v) is 1.74. The smallest absolute Gasteiger partial charge is 0.152 e. The molecule has 0 amide bonds. The zero-order valence-electron chi connectivity index (χ0n) is 5.46. The van der Waals surface area contributed by atoms with Crippen molar-refractivity contribution >= 4 is 39.8 Å². The molecule has 0 fully saturated rings. The molecule has 2 aromatic heterocycles. The average Bonchev–Trinajstić information content (AvgIpc) is 2.31. The summed E-state index contributed by atoms with van der Waals surface area (Å²) in [5.41, 5.74) is 0.915. The van der Waals surface area contributed by atoms with Gasteiger partial charge in [0.2, 0.25) is 0 Å². The lowest BCUT2D eigenvalue weighted by molar-refractivity contribution is 1.18. The van der Waals surface area contributed by atoms with Crippen molar-refractivity contribution in [3.05, 3.63) is 33.2 Å². The molecule has 0 aromatic carbocycles. The number of hydrogen-bond donors (Lipinski definition) is 0. The van der Waals surface area contributed by atoms with Crippen LogP contribution < -0.4 is 0 Å². The number of nitrogens with zero attached hydrogens (tertiary/aromatic N) is 2. The lowest BCUT2D eigenvalue weighted by Gasteiger charge is -1.92. The fraction of sp³-hybridized carbons (Fsp3) is 0. The average molecular weight is 278 g/mol. The Hall–Kier alpha value is -0.290. The van der Waals surface area contributed by atoms with E-state index in [-0.39, 0.29) is 0 Å². The molecule has 0 unspecified atom stereocenters. The highest BCUT2D eigenvalue weighted by Crippen LogP contribution is 2.15. The predicted molar refractivity (Wildman–Crippen MR) is 52.9 cm³/mol. The highest BCUT2D eigenvalue weighted by molar-refractivity contribution is 14.1. The summed E-state index contributed by atoms with van der Waals surface area (Å²) in [6, 6.07) is 3.96. The molecule has 0 aliphatic carbocycles. The molecule has 2 heterocycles. The van der Waals surface area contributed by atoms with Crippen LogP contribution >= 0.6 is 34.2 Å². The second-order valence-electron chi connectivity index (χ2n) is 2.15. The molecule has 2 aromatic rings. The van der Waals surface area contributed by atoms with E-state index in [0.717, 1.165) is 9.22 Å². The Morgan fingerprint density at radius 2 is 2.36 bits per heavy atom. The molecule has 0 spiro atoms. The SMILES string of the molecule is Clc1cn2cccc(I)c2n1. The molecule has 0 aliphatic rings. The Bertz CT molecular complexity index is 396. The number of halogens is 2. The van der Waals surface area contributed by atoms with Crippen LogP contribution in [-0.2, 0) is 0 Å². The lowest BCUT2D eigenvalue weighted by atomic mass is 10.5. The highest BCUT2D eigenvalue weighted by Gasteiger charge is 2.00. The first kappa shape index (κ1) is 7.36. The second-order valence-corrected chi connectivity index (χ2v) is 3.70. The van der Waals surface area contributed by atoms with Crippen molar-refractivity contribution in [1.82, 2.24) is 9.38 Å². The van der Waals surface area contributed by atoms with Crippen molar-refractivity contribution in [3.63, 3.8) is 0 Å². The molecule has 2 nitrogen and oxygen atoms in total. The summed E-state index contributed by atoms with van der Waals surface area (Å²) in [6.45, 7) is 0. The molecule has 0 radical (unpaired) electrons. The second kappa shape index (κ2) is 2.64. The van der Waals surface area contributed by atoms with Crippen LogP contribution in [-0.4, -0.2) is 9.38 Å². The van der Waals surface area contributed by atoms with E-state index in [0.29, 0.717) is 5.15 Å². The van der Waals surface area contributed by atoms with Gasteiger partial charge < -0.3 is 4.40 Å². The first-order valence-electron chi connectivity index (χ1n) is 3.06. The van der Waals surface area contributed by atoms with E-state index >= 15 is 0 Å². The van der Waals surface area contributed by atoms with Crippen molar-refractivity contribution in [2.24, 2.45) is 0 Å². The Morgan fingerprint density at radius 3 is 3.09 bits per heavy atom. The van der Waals surface area contributed by atoms with Gasteiger partial charge in [-0.15, -0.1) is 0 Å². The van der Waals surface area contributed by atoms with Gasteiger partial charge in [0.1, 0.15) is 5.15 Å². The van der Waals surface area contributed by atoms with Gasteiger partial charge in [0, 0.05) is 12.4 Å². The van der Waals surface area contributed by atoms with Gasteiger partial charge in [-0.05, 0) is 34.7 Å². The van der Waals surface area contributed by atoms with Gasteiger partial charge in [-0.2, -0.15) is 0 Å². The Kier molecular flexibility index (Phi) is 1.77. The maximum atomic E-state index is 5.72. The Morgan fingerprint density at radius 1 is 1.55 bits per heavy atom. The van der Waals surface area contributed by atoms with E-state index in [2.05, 4.69) is 27.6 Å². The molecular weight excluding hydrogens is 274 g/mol. The minimum absolute atomic E-state index is 0.536. The monoisotopic (exact) mass is 278 g/mol. The summed E-state index contributed by atoms with van der Waals surface area (Å²) in [7, 11) is 0. The lowest BCUT2D eigenvalue weighted by Crippen LogP contribution is -1.83. The largest absolute Gasteiger partial charge is 0.305 e. The zero-order valence-corrected chi connectivity index (χ0v) is 8.37. The number of aromatic nitrogens is 2. The zero-order chi connectivity index (χ0) is 7.84. The van der Waals surface area contributed by atoms with Crippen molar-refractivity contribution < 1.29 is 0 Å². The van der Waals surface area contributed by atoms with Gasteiger partial charge in [0.25, 0.3) is 0 Å². The molecule has 0 N–H and O–H groups in total. The normalized spacial score (nSPS) is 10.7. The first-order valence-corrected chi connectivity index (χ1v) is 4.52. The minimum atomic E-state index is 0.536. The van der Waals surface area contributed by atoms with E-state index in [9.17, 15) is 0 Å². The molecule has 0 atom stereocenters. The third kappa shape index (κ3) is 1.22. The maximum Gasteiger partial charge on any atom is 0.152 e. The molecule has 0 bridgehead atoms. The van der Waals surface area contributed by atoms with Crippen molar-refractivity contribution in [2.75, 3.05) is 0 Å². The molecule has 4 heteroatoms. The van der Waals surface area contributed by atoms with E-state index in [1.54, 1.807) is 6.20 Å². The van der Waals surface area contributed by atoms with E-state index in [1.807, 2.05) is 22.7 Å². The van der Waals surface area contributed by atoms with Crippen molar-refractivity contribution in [3.8, 4) is 0 Å². The number of imidazole rings is 1. The predicted octanol–water partition coefficient (Wildman–Crippen LogP) is 2.59. The topological polar surface area (TPSA) is 17.3 Å². The molecular formula is C7H4ClIN2. The van der Waals surface area contributed by atoms with Crippen LogP contribution in [0.1, 0.15) is 0 Å². The van der Waals surface area contributed by atoms with E-state index in [4.69, 9.17) is 11.6 Å². The standard InChI is InChI=1S/C7H4ClIN2/c8-6-4-11-3-1-2-5(9)7(11)10-6/h1-4H. The van der Waals surface area contributed by atoms with E-state index < -0.39 is 0 Å². The molecule has 56 valence electrons. The van der Waals surface area contributed by atoms with Gasteiger partial charge in [0.15, 0.2) is 5.65 Å². The third-order valence-corrected chi connectivity index (χ3v) is 2.43. The van der Waals surface area contributed by atoms with Gasteiger partial charge in [-0.25, -0.2) is 4.98 Å². The summed E-state index contributed by atoms with van der Waals surface area (Å²) < 4.78 is 3.02. The van der Waals surface area contributed by atoms with Gasteiger partial charge in [-0.3, -0.25) is 0 Å². The summed E-state index contributed by atoms with van der Waals surface area (Å²) in [5.74, 6) is 0. The molecule has 0 aliphatic heterocycles. The summed E-state index contributed by atoms with van der Waals surface area (Å²) in [6.07, 6.45) is 3.72. The van der Waals surface area contributed by atoms with Gasteiger partial charge in [0.05, 0.1) is 3.57 Å². The van der Waals surface area contributed by atoms with Crippen LogP contribution in [0.25, 0.3) is 5.65 Å².